The monoisotopic (exact) mass is 486 g/mol. The van der Waals surface area contributed by atoms with Crippen molar-refractivity contribution < 1.29 is 9.18 Å². The summed E-state index contributed by atoms with van der Waals surface area (Å²) < 4.78 is 15.5. The smallest absolute Gasteiger partial charge is 0.237 e. The molecule has 8 heteroatoms. The number of hydrogen-bond acceptors (Lipinski definition) is 4. The van der Waals surface area contributed by atoms with Gasteiger partial charge in [-0.1, -0.05) is 37.6 Å². The van der Waals surface area contributed by atoms with Crippen LogP contribution in [0, 0.1) is 5.82 Å². The molecule has 4 heterocycles. The zero-order valence-corrected chi connectivity index (χ0v) is 20.6. The highest BCUT2D eigenvalue weighted by atomic mass is 19.1. The summed E-state index contributed by atoms with van der Waals surface area (Å²) >= 11 is 0. The van der Waals surface area contributed by atoms with Crippen molar-refractivity contribution in [3.63, 3.8) is 0 Å². The van der Waals surface area contributed by atoms with Gasteiger partial charge in [0.1, 0.15) is 11.5 Å². The van der Waals surface area contributed by atoms with Crippen LogP contribution in [-0.4, -0.2) is 62.1 Å². The number of fused-ring (bicyclic) bond motifs is 2. The molecule has 0 spiro atoms. The van der Waals surface area contributed by atoms with E-state index in [1.807, 2.05) is 29.2 Å². The molecule has 0 atom stereocenters. The molecule has 6 rings (SSSR count). The molecule has 186 valence electrons. The maximum atomic E-state index is 15.5. The average molecular weight is 487 g/mol. The number of imidazole rings is 1. The summed E-state index contributed by atoms with van der Waals surface area (Å²) in [6.07, 6.45) is 5.15. The van der Waals surface area contributed by atoms with Crippen molar-refractivity contribution in [3.05, 3.63) is 59.2 Å². The zero-order valence-electron chi connectivity index (χ0n) is 20.6. The predicted molar refractivity (Wildman–Crippen MR) is 138 cm³/mol. The SMILES string of the molecule is CCc1ccccc1-c1cc(F)c2c(-c3nc4c([nH]3)CN(C(=O)CN3CCCCC3)CC4)n[nH]c2c1. The van der Waals surface area contributed by atoms with E-state index in [1.165, 1.54) is 24.8 Å². The normalized spacial score (nSPS) is 16.4. The van der Waals surface area contributed by atoms with Gasteiger partial charge in [-0.15, -0.1) is 0 Å². The van der Waals surface area contributed by atoms with Gasteiger partial charge in [-0.2, -0.15) is 5.10 Å². The summed E-state index contributed by atoms with van der Waals surface area (Å²) in [6.45, 7) is 5.74. The first-order valence-corrected chi connectivity index (χ1v) is 12.9. The number of halogens is 1. The Kier molecular flexibility index (Phi) is 6.05. The summed E-state index contributed by atoms with van der Waals surface area (Å²) in [5.74, 6) is 0.372. The lowest BCUT2D eigenvalue weighted by atomic mass is 9.97. The molecule has 0 radical (unpaired) electrons. The third kappa shape index (κ3) is 4.19. The zero-order chi connectivity index (χ0) is 24.6. The number of aromatic amines is 2. The number of amides is 1. The average Bonchev–Trinajstić information content (AvgIpc) is 3.53. The highest BCUT2D eigenvalue weighted by molar-refractivity contribution is 5.94. The lowest BCUT2D eigenvalue weighted by molar-refractivity contribution is -0.133. The molecule has 4 aromatic rings. The van der Waals surface area contributed by atoms with E-state index in [0.717, 1.165) is 42.0 Å². The Morgan fingerprint density at radius 2 is 1.94 bits per heavy atom. The van der Waals surface area contributed by atoms with Gasteiger partial charge in [0.15, 0.2) is 5.82 Å². The number of nitrogens with one attached hydrogen (secondary N) is 2. The van der Waals surface area contributed by atoms with Crippen LogP contribution in [-0.2, 0) is 24.2 Å². The van der Waals surface area contributed by atoms with Gasteiger partial charge in [0.05, 0.1) is 35.4 Å². The summed E-state index contributed by atoms with van der Waals surface area (Å²) in [6, 6.07) is 11.6. The maximum absolute atomic E-state index is 15.5. The summed E-state index contributed by atoms with van der Waals surface area (Å²) in [4.78, 5) is 25.2. The standard InChI is InChI=1S/C28H31FN6O/c1-2-18-8-4-5-9-20(18)19-14-21(29)26-23(15-19)32-33-27(26)28-30-22-10-13-35(16-24(22)31-28)25(36)17-34-11-6-3-7-12-34/h4-5,8-9,14-15H,2-3,6-7,10-13,16-17H2,1H3,(H,30,31)(H,32,33). The van der Waals surface area contributed by atoms with Crippen LogP contribution in [0.25, 0.3) is 33.5 Å². The summed E-state index contributed by atoms with van der Waals surface area (Å²) in [7, 11) is 0. The predicted octanol–water partition coefficient (Wildman–Crippen LogP) is 4.69. The van der Waals surface area contributed by atoms with E-state index >= 15 is 4.39 Å². The van der Waals surface area contributed by atoms with Gasteiger partial charge < -0.3 is 9.88 Å². The first kappa shape index (κ1) is 22.9. The van der Waals surface area contributed by atoms with Crippen molar-refractivity contribution in [1.82, 2.24) is 30.0 Å². The van der Waals surface area contributed by atoms with Crippen LogP contribution in [0.2, 0.25) is 0 Å². The molecular formula is C28H31FN6O. The minimum absolute atomic E-state index is 0.162. The van der Waals surface area contributed by atoms with Crippen LogP contribution < -0.4 is 0 Å². The Morgan fingerprint density at radius 1 is 1.11 bits per heavy atom. The van der Waals surface area contributed by atoms with E-state index in [-0.39, 0.29) is 11.7 Å². The van der Waals surface area contributed by atoms with Crippen molar-refractivity contribution >= 4 is 16.8 Å². The highest BCUT2D eigenvalue weighted by Crippen LogP contribution is 2.33. The number of likely N-dealkylation sites (tertiary alicyclic amines) is 1. The summed E-state index contributed by atoms with van der Waals surface area (Å²) in [5, 5.41) is 7.87. The second-order valence-electron chi connectivity index (χ2n) is 9.88. The first-order chi connectivity index (χ1) is 17.6. The largest absolute Gasteiger partial charge is 0.339 e. The molecular weight excluding hydrogens is 455 g/mol. The van der Waals surface area contributed by atoms with Gasteiger partial charge in [-0.25, -0.2) is 9.37 Å². The molecule has 2 N–H and O–H groups in total. The molecule has 2 aliphatic rings. The van der Waals surface area contributed by atoms with Gasteiger partial charge in [0.25, 0.3) is 0 Å². The van der Waals surface area contributed by atoms with Gasteiger partial charge in [-0.3, -0.25) is 14.8 Å². The Hall–Kier alpha value is -3.52. The molecule has 36 heavy (non-hydrogen) atoms. The number of carbonyl (C=O) groups excluding carboxylic acids is 1. The number of carbonyl (C=O) groups is 1. The van der Waals surface area contributed by atoms with E-state index in [4.69, 9.17) is 4.98 Å². The van der Waals surface area contributed by atoms with Crippen LogP contribution in [0.4, 0.5) is 4.39 Å². The molecule has 1 fully saturated rings. The number of benzene rings is 2. The fraction of sp³-hybridized carbons (Fsp3) is 0.393. The fourth-order valence-corrected chi connectivity index (χ4v) is 5.57. The Bertz CT molecular complexity index is 1420. The van der Waals surface area contributed by atoms with E-state index in [0.29, 0.717) is 48.5 Å². The fourth-order valence-electron chi connectivity index (χ4n) is 5.57. The van der Waals surface area contributed by atoms with Gasteiger partial charge in [0.2, 0.25) is 5.91 Å². The minimum atomic E-state index is -0.329. The van der Waals surface area contributed by atoms with E-state index in [1.54, 1.807) is 6.07 Å². The Labute approximate surface area is 209 Å². The van der Waals surface area contributed by atoms with Crippen LogP contribution >= 0.6 is 0 Å². The van der Waals surface area contributed by atoms with E-state index in [2.05, 4.69) is 33.1 Å². The molecule has 0 aliphatic carbocycles. The van der Waals surface area contributed by atoms with Crippen LogP contribution in [0.5, 0.6) is 0 Å². The molecule has 2 aliphatic heterocycles. The van der Waals surface area contributed by atoms with Crippen molar-refractivity contribution in [2.45, 2.75) is 45.6 Å². The number of aromatic nitrogens is 4. The lowest BCUT2D eigenvalue weighted by Gasteiger charge is -2.31. The van der Waals surface area contributed by atoms with Crippen molar-refractivity contribution in [1.29, 1.82) is 0 Å². The third-order valence-electron chi connectivity index (χ3n) is 7.54. The second kappa shape index (κ2) is 9.50. The molecule has 0 unspecified atom stereocenters. The van der Waals surface area contributed by atoms with E-state index in [9.17, 15) is 4.79 Å². The lowest BCUT2D eigenvalue weighted by Crippen LogP contribution is -2.44. The highest BCUT2D eigenvalue weighted by Gasteiger charge is 2.27. The van der Waals surface area contributed by atoms with Crippen molar-refractivity contribution in [3.8, 4) is 22.6 Å². The van der Waals surface area contributed by atoms with Gasteiger partial charge in [0, 0.05) is 13.0 Å². The third-order valence-corrected chi connectivity index (χ3v) is 7.54. The summed E-state index contributed by atoms with van der Waals surface area (Å²) in [5.41, 5.74) is 5.98. The van der Waals surface area contributed by atoms with Crippen LogP contribution in [0.3, 0.4) is 0 Å². The topological polar surface area (TPSA) is 80.9 Å². The molecule has 2 aromatic carbocycles. The first-order valence-electron chi connectivity index (χ1n) is 12.9. The molecule has 1 amide bonds. The number of H-pyrrole nitrogens is 2. The second-order valence-corrected chi connectivity index (χ2v) is 9.88. The molecule has 7 nitrogen and oxygen atoms in total. The number of nitrogens with zero attached hydrogens (tertiary/aromatic N) is 4. The number of aryl methyl sites for hydroxylation is 1. The van der Waals surface area contributed by atoms with Crippen molar-refractivity contribution in [2.75, 3.05) is 26.2 Å². The number of hydrogen-bond donors (Lipinski definition) is 2. The molecule has 0 bridgehead atoms. The van der Waals surface area contributed by atoms with Crippen LogP contribution in [0.1, 0.15) is 43.1 Å². The Morgan fingerprint density at radius 3 is 2.78 bits per heavy atom. The quantitative estimate of drug-likeness (QED) is 0.429. The number of rotatable bonds is 5. The molecule has 2 aromatic heterocycles. The van der Waals surface area contributed by atoms with Crippen LogP contribution in [0.15, 0.2) is 36.4 Å². The van der Waals surface area contributed by atoms with Gasteiger partial charge in [-0.05, 0) is 61.2 Å². The molecule has 1 saturated heterocycles. The number of piperidine rings is 1. The van der Waals surface area contributed by atoms with Gasteiger partial charge >= 0.3 is 0 Å². The Balaban J connectivity index is 1.26. The van der Waals surface area contributed by atoms with E-state index < -0.39 is 0 Å². The minimum Gasteiger partial charge on any atom is -0.339 e. The maximum Gasteiger partial charge on any atom is 0.237 e. The van der Waals surface area contributed by atoms with Crippen molar-refractivity contribution in [2.24, 2.45) is 0 Å². The molecule has 0 saturated carbocycles.